The zero-order valence-corrected chi connectivity index (χ0v) is 12.2. The second-order valence-electron chi connectivity index (χ2n) is 4.85. The van der Waals surface area contributed by atoms with Crippen molar-refractivity contribution in [2.45, 2.75) is 37.2 Å². The molecule has 1 heterocycles. The summed E-state index contributed by atoms with van der Waals surface area (Å²) in [6.45, 7) is 3.57. The number of rotatable bonds is 6. The summed E-state index contributed by atoms with van der Waals surface area (Å²) in [5.41, 5.74) is 1.26. The van der Waals surface area contributed by atoms with Crippen LogP contribution in [0.5, 0.6) is 0 Å². The topological polar surface area (TPSA) is 38.3 Å². The van der Waals surface area contributed by atoms with E-state index >= 15 is 0 Å². The summed E-state index contributed by atoms with van der Waals surface area (Å²) in [5.74, 6) is 0.940. The summed E-state index contributed by atoms with van der Waals surface area (Å²) in [6, 6.07) is 8.40. The Kier molecular flexibility index (Phi) is 5.73. The van der Waals surface area contributed by atoms with E-state index in [1.807, 2.05) is 0 Å². The molecule has 104 valence electrons. The van der Waals surface area contributed by atoms with Crippen molar-refractivity contribution in [3.8, 4) is 0 Å². The maximum absolute atomic E-state index is 11.7. The highest BCUT2D eigenvalue weighted by molar-refractivity contribution is 7.99. The monoisotopic (exact) mass is 279 g/mol. The van der Waals surface area contributed by atoms with Crippen molar-refractivity contribution in [1.82, 2.24) is 5.32 Å². The van der Waals surface area contributed by atoms with Crippen LogP contribution in [0.2, 0.25) is 0 Å². The molecule has 1 N–H and O–H groups in total. The lowest BCUT2D eigenvalue weighted by Gasteiger charge is -2.10. The lowest BCUT2D eigenvalue weighted by molar-refractivity contribution is -0.121. The molecule has 0 radical (unpaired) electrons. The Morgan fingerprint density at radius 2 is 2.21 bits per heavy atom. The molecule has 1 fully saturated rings. The Labute approximate surface area is 119 Å². The van der Waals surface area contributed by atoms with E-state index in [9.17, 15) is 4.79 Å². The number of carbonyl (C=O) groups is 1. The second-order valence-corrected chi connectivity index (χ2v) is 6.02. The quantitative estimate of drug-likeness (QED) is 0.814. The van der Waals surface area contributed by atoms with Crippen molar-refractivity contribution < 1.29 is 9.53 Å². The fraction of sp³-hybridized carbons (Fsp3) is 0.533. The van der Waals surface area contributed by atoms with Gasteiger partial charge in [0.2, 0.25) is 5.91 Å². The summed E-state index contributed by atoms with van der Waals surface area (Å²) in [4.78, 5) is 12.9. The van der Waals surface area contributed by atoms with Crippen LogP contribution in [0.4, 0.5) is 0 Å². The molecule has 0 bridgehead atoms. The fourth-order valence-corrected chi connectivity index (χ4v) is 2.87. The summed E-state index contributed by atoms with van der Waals surface area (Å²) in [7, 11) is 0. The molecular formula is C15H21NO2S. The molecule has 1 aromatic carbocycles. The van der Waals surface area contributed by atoms with Crippen LogP contribution in [0.25, 0.3) is 0 Å². The number of carbonyl (C=O) groups excluding carboxylic acids is 1. The molecule has 2 rings (SSSR count). The van der Waals surface area contributed by atoms with Gasteiger partial charge in [-0.25, -0.2) is 0 Å². The highest BCUT2D eigenvalue weighted by atomic mass is 32.2. The normalized spacial score (nSPS) is 18.5. The first-order chi connectivity index (χ1) is 9.24. The van der Waals surface area contributed by atoms with E-state index in [0.717, 1.165) is 25.2 Å². The predicted molar refractivity (Wildman–Crippen MR) is 78.5 cm³/mol. The number of benzene rings is 1. The van der Waals surface area contributed by atoms with Gasteiger partial charge in [0.05, 0.1) is 6.10 Å². The lowest BCUT2D eigenvalue weighted by Crippen LogP contribution is -2.31. The summed E-state index contributed by atoms with van der Waals surface area (Å²) >= 11 is 1.72. The minimum Gasteiger partial charge on any atom is -0.376 e. The van der Waals surface area contributed by atoms with E-state index in [0.29, 0.717) is 13.0 Å². The number of nitrogens with one attached hydrogen (secondary N) is 1. The molecule has 1 aliphatic rings. The van der Waals surface area contributed by atoms with Gasteiger partial charge in [0.15, 0.2) is 0 Å². The van der Waals surface area contributed by atoms with Crippen LogP contribution in [0.3, 0.4) is 0 Å². The van der Waals surface area contributed by atoms with E-state index < -0.39 is 0 Å². The van der Waals surface area contributed by atoms with Gasteiger partial charge in [-0.2, -0.15) is 0 Å². The average Bonchev–Trinajstić information content (AvgIpc) is 2.92. The fourth-order valence-electron chi connectivity index (χ4n) is 2.02. The third kappa shape index (κ3) is 5.25. The first-order valence-corrected chi connectivity index (χ1v) is 7.80. The number of thioether (sulfide) groups is 1. The van der Waals surface area contributed by atoms with Gasteiger partial charge >= 0.3 is 0 Å². The Hall–Kier alpha value is -1.00. The molecular weight excluding hydrogens is 258 g/mol. The van der Waals surface area contributed by atoms with Gasteiger partial charge < -0.3 is 10.1 Å². The van der Waals surface area contributed by atoms with E-state index in [-0.39, 0.29) is 12.0 Å². The molecule has 0 saturated carbocycles. The molecule has 1 amide bonds. The molecule has 3 nitrogen and oxygen atoms in total. The Balaban J connectivity index is 1.59. The van der Waals surface area contributed by atoms with E-state index in [4.69, 9.17) is 4.74 Å². The van der Waals surface area contributed by atoms with Crippen molar-refractivity contribution in [3.63, 3.8) is 0 Å². The Bertz CT molecular complexity index is 399. The zero-order chi connectivity index (χ0) is 13.5. The smallest absolute Gasteiger partial charge is 0.220 e. The number of hydrogen-bond donors (Lipinski definition) is 1. The van der Waals surface area contributed by atoms with Gasteiger partial charge in [-0.05, 0) is 31.9 Å². The molecule has 1 aromatic rings. The molecule has 19 heavy (non-hydrogen) atoms. The molecule has 0 aromatic heterocycles. The Morgan fingerprint density at radius 1 is 1.42 bits per heavy atom. The van der Waals surface area contributed by atoms with Crippen molar-refractivity contribution in [3.05, 3.63) is 29.8 Å². The SMILES string of the molecule is Cc1ccc(SCCC(=O)NC[C@H]2CCCO2)cc1. The van der Waals surface area contributed by atoms with E-state index in [2.05, 4.69) is 36.5 Å². The zero-order valence-electron chi connectivity index (χ0n) is 11.4. The number of hydrogen-bond acceptors (Lipinski definition) is 3. The van der Waals surface area contributed by atoms with Crippen LogP contribution < -0.4 is 5.32 Å². The van der Waals surface area contributed by atoms with Crippen LogP contribution in [-0.2, 0) is 9.53 Å². The summed E-state index contributed by atoms with van der Waals surface area (Å²) < 4.78 is 5.47. The molecule has 0 unspecified atom stereocenters. The maximum atomic E-state index is 11.7. The van der Waals surface area contributed by atoms with Gasteiger partial charge in [-0.1, -0.05) is 17.7 Å². The number of aryl methyl sites for hydroxylation is 1. The first kappa shape index (κ1) is 14.4. The van der Waals surface area contributed by atoms with Gasteiger partial charge in [0, 0.05) is 30.2 Å². The van der Waals surface area contributed by atoms with Crippen molar-refractivity contribution >= 4 is 17.7 Å². The van der Waals surface area contributed by atoms with Crippen molar-refractivity contribution in [2.24, 2.45) is 0 Å². The molecule has 0 spiro atoms. The van der Waals surface area contributed by atoms with Crippen LogP contribution >= 0.6 is 11.8 Å². The number of amides is 1. The maximum Gasteiger partial charge on any atom is 0.220 e. The summed E-state index contributed by atoms with van der Waals surface area (Å²) in [6.07, 6.45) is 2.97. The van der Waals surface area contributed by atoms with Crippen LogP contribution in [0.15, 0.2) is 29.2 Å². The highest BCUT2D eigenvalue weighted by Gasteiger charge is 2.15. The molecule has 0 aliphatic carbocycles. The van der Waals surface area contributed by atoms with Crippen molar-refractivity contribution in [2.75, 3.05) is 18.9 Å². The highest BCUT2D eigenvalue weighted by Crippen LogP contribution is 2.19. The van der Waals surface area contributed by atoms with Crippen LogP contribution in [-0.4, -0.2) is 30.9 Å². The standard InChI is InChI=1S/C15H21NO2S/c1-12-4-6-14(7-5-12)19-10-8-15(17)16-11-13-3-2-9-18-13/h4-7,13H,2-3,8-11H2,1H3,(H,16,17)/t13-/m1/s1. The van der Waals surface area contributed by atoms with Gasteiger partial charge in [0.25, 0.3) is 0 Å². The number of ether oxygens (including phenoxy) is 1. The first-order valence-electron chi connectivity index (χ1n) is 6.82. The molecule has 1 aliphatic heterocycles. The van der Waals surface area contributed by atoms with Gasteiger partial charge in [-0.15, -0.1) is 11.8 Å². The predicted octanol–water partition coefficient (Wildman–Crippen LogP) is 2.77. The van der Waals surface area contributed by atoms with Crippen molar-refractivity contribution in [1.29, 1.82) is 0 Å². The minimum atomic E-state index is 0.120. The minimum absolute atomic E-state index is 0.120. The molecule has 1 atom stereocenters. The van der Waals surface area contributed by atoms with E-state index in [1.54, 1.807) is 11.8 Å². The van der Waals surface area contributed by atoms with E-state index in [1.165, 1.54) is 10.5 Å². The second kappa shape index (κ2) is 7.56. The van der Waals surface area contributed by atoms with Gasteiger partial charge in [-0.3, -0.25) is 4.79 Å². The largest absolute Gasteiger partial charge is 0.376 e. The molecule has 1 saturated heterocycles. The van der Waals surface area contributed by atoms with Crippen LogP contribution in [0.1, 0.15) is 24.8 Å². The summed E-state index contributed by atoms with van der Waals surface area (Å²) in [5, 5.41) is 2.94. The molecule has 4 heteroatoms. The average molecular weight is 279 g/mol. The Morgan fingerprint density at radius 3 is 2.89 bits per heavy atom. The van der Waals surface area contributed by atoms with Gasteiger partial charge in [0.1, 0.15) is 0 Å². The lowest BCUT2D eigenvalue weighted by atomic mass is 10.2. The van der Waals surface area contributed by atoms with Crippen LogP contribution in [0, 0.1) is 6.92 Å². The third-order valence-corrected chi connectivity index (χ3v) is 4.18. The third-order valence-electron chi connectivity index (χ3n) is 3.17.